The van der Waals surface area contributed by atoms with Crippen molar-refractivity contribution in [1.29, 1.82) is 0 Å². The number of rotatable bonds is 4. The molecule has 3 fully saturated rings. The number of ether oxygens (including phenoxy) is 2. The van der Waals surface area contributed by atoms with E-state index in [4.69, 9.17) is 9.47 Å². The van der Waals surface area contributed by atoms with Gasteiger partial charge >= 0.3 is 6.09 Å². The van der Waals surface area contributed by atoms with Crippen molar-refractivity contribution in [3.8, 4) is 5.75 Å². The highest BCUT2D eigenvalue weighted by atomic mass is 16.6. The molecule has 4 aliphatic rings. The van der Waals surface area contributed by atoms with Crippen LogP contribution in [0.25, 0.3) is 0 Å². The summed E-state index contributed by atoms with van der Waals surface area (Å²) in [6, 6.07) is 8.02. The van der Waals surface area contributed by atoms with Crippen molar-refractivity contribution in [3.05, 3.63) is 42.0 Å². The molecule has 0 spiro atoms. The maximum atomic E-state index is 13.1. The second kappa shape index (κ2) is 8.56. The molecule has 5 rings (SSSR count). The number of alkyl carbamates (subject to hydrolysis) is 1. The zero-order valence-electron chi connectivity index (χ0n) is 21.7. The monoisotopic (exact) mass is 480 g/mol. The summed E-state index contributed by atoms with van der Waals surface area (Å²) < 4.78 is 11.4. The quantitative estimate of drug-likeness (QED) is 0.611. The molecule has 1 aromatic carbocycles. The molecule has 6 nitrogen and oxygen atoms in total. The summed E-state index contributed by atoms with van der Waals surface area (Å²) >= 11 is 0. The van der Waals surface area contributed by atoms with Crippen LogP contribution in [0, 0.1) is 28.6 Å². The van der Waals surface area contributed by atoms with Gasteiger partial charge < -0.3 is 20.1 Å². The molecule has 2 amide bonds. The molecular formula is C29H40N2O4. The lowest BCUT2D eigenvalue weighted by atomic mass is 9.48. The van der Waals surface area contributed by atoms with Crippen LogP contribution in [0.15, 0.2) is 36.4 Å². The standard InChI is InChI=1S/C29H40N2O4/c1-27(2,18-6-8-19(34-5)9-7-18)31-26(33)35-24-13-11-21-20-10-12-23-28(3,17-15-25(32)30-23)22(20)14-16-29(21,24)4/h6-9,15,17,20-24H,10-14,16H2,1-5H3,(H,30,32)(H,31,33)/t20-,21-,22-,23+,24-,28+,29-/m0/s1. The maximum absolute atomic E-state index is 13.1. The Morgan fingerprint density at radius 1 is 1.06 bits per heavy atom. The normalized spacial score (nSPS) is 38.0. The van der Waals surface area contributed by atoms with E-state index in [0.29, 0.717) is 17.8 Å². The van der Waals surface area contributed by atoms with E-state index in [2.05, 4.69) is 30.6 Å². The summed E-state index contributed by atoms with van der Waals surface area (Å²) in [5.41, 5.74) is 0.485. The molecule has 3 aliphatic carbocycles. The second-order valence-electron chi connectivity index (χ2n) is 12.2. The third-order valence-electron chi connectivity index (χ3n) is 10.1. The Morgan fingerprint density at radius 3 is 2.51 bits per heavy atom. The van der Waals surface area contributed by atoms with Crippen LogP contribution in [0.2, 0.25) is 0 Å². The number of nitrogens with one attached hydrogen (secondary N) is 2. The Bertz CT molecular complexity index is 1020. The van der Waals surface area contributed by atoms with E-state index in [-0.39, 0.29) is 35.0 Å². The highest BCUT2D eigenvalue weighted by Gasteiger charge is 2.60. The Morgan fingerprint density at radius 2 is 1.80 bits per heavy atom. The predicted molar refractivity (Wildman–Crippen MR) is 135 cm³/mol. The molecule has 0 aromatic heterocycles. The fourth-order valence-electron chi connectivity index (χ4n) is 7.97. The van der Waals surface area contributed by atoms with Crippen LogP contribution in [0.1, 0.15) is 71.8 Å². The lowest BCUT2D eigenvalue weighted by Gasteiger charge is -2.58. The minimum atomic E-state index is -0.551. The maximum Gasteiger partial charge on any atom is 0.408 e. The number of carbonyl (C=O) groups is 2. The largest absolute Gasteiger partial charge is 0.497 e. The lowest BCUT2D eigenvalue weighted by Crippen LogP contribution is -2.59. The predicted octanol–water partition coefficient (Wildman–Crippen LogP) is 5.32. The number of methoxy groups -OCH3 is 1. The Balaban J connectivity index is 1.27. The molecule has 0 saturated heterocycles. The summed E-state index contributed by atoms with van der Waals surface area (Å²) in [6.07, 6.45) is 9.90. The van der Waals surface area contributed by atoms with Gasteiger partial charge in [-0.3, -0.25) is 4.79 Å². The van der Waals surface area contributed by atoms with E-state index < -0.39 is 5.54 Å². The van der Waals surface area contributed by atoms with Crippen LogP contribution in [-0.4, -0.2) is 31.3 Å². The van der Waals surface area contributed by atoms with Crippen LogP contribution >= 0.6 is 0 Å². The average molecular weight is 481 g/mol. The van der Waals surface area contributed by atoms with E-state index in [9.17, 15) is 9.59 Å². The van der Waals surface area contributed by atoms with Crippen molar-refractivity contribution in [2.75, 3.05) is 7.11 Å². The molecule has 7 atom stereocenters. The van der Waals surface area contributed by atoms with Crippen LogP contribution in [0.5, 0.6) is 5.75 Å². The van der Waals surface area contributed by atoms with Gasteiger partial charge in [-0.2, -0.15) is 0 Å². The van der Waals surface area contributed by atoms with Crippen molar-refractivity contribution in [2.24, 2.45) is 28.6 Å². The van der Waals surface area contributed by atoms with Gasteiger partial charge in [0.2, 0.25) is 5.91 Å². The summed E-state index contributed by atoms with van der Waals surface area (Å²) in [5, 5.41) is 6.33. The fourth-order valence-corrected chi connectivity index (χ4v) is 7.97. The molecule has 3 saturated carbocycles. The van der Waals surface area contributed by atoms with E-state index in [1.165, 1.54) is 0 Å². The molecular weight excluding hydrogens is 440 g/mol. The van der Waals surface area contributed by atoms with Crippen LogP contribution in [0.3, 0.4) is 0 Å². The molecule has 190 valence electrons. The topological polar surface area (TPSA) is 76.7 Å². The van der Waals surface area contributed by atoms with E-state index in [1.54, 1.807) is 13.2 Å². The van der Waals surface area contributed by atoms with Crippen LogP contribution in [-0.2, 0) is 15.1 Å². The summed E-state index contributed by atoms with van der Waals surface area (Å²) in [5.74, 6) is 2.57. The number of fused-ring (bicyclic) bond motifs is 5. The molecule has 1 aromatic rings. The molecule has 0 unspecified atom stereocenters. The van der Waals surface area contributed by atoms with Gasteiger partial charge in [0.25, 0.3) is 0 Å². The van der Waals surface area contributed by atoms with E-state index >= 15 is 0 Å². The first-order chi connectivity index (χ1) is 16.6. The Hall–Kier alpha value is -2.50. The number of amides is 2. The summed E-state index contributed by atoms with van der Waals surface area (Å²) in [6.45, 7) is 8.68. The minimum absolute atomic E-state index is 0.00753. The van der Waals surface area contributed by atoms with Crippen molar-refractivity contribution < 1.29 is 19.1 Å². The van der Waals surface area contributed by atoms with Crippen molar-refractivity contribution in [3.63, 3.8) is 0 Å². The molecule has 0 radical (unpaired) electrons. The SMILES string of the molecule is COc1ccc(C(C)(C)NC(=O)O[C@H]2CC[C@H]3[C@@H]4CC[C@H]5NC(=O)C=C[C@]5(C)[C@H]4CC[C@]23C)cc1. The molecule has 0 bridgehead atoms. The van der Waals surface area contributed by atoms with Crippen molar-refractivity contribution in [2.45, 2.75) is 83.9 Å². The molecule has 2 N–H and O–H groups in total. The summed E-state index contributed by atoms with van der Waals surface area (Å²) in [7, 11) is 1.65. The third kappa shape index (κ3) is 4.03. The molecule has 1 heterocycles. The first-order valence-electron chi connectivity index (χ1n) is 13.2. The molecule has 6 heteroatoms. The number of hydrogen-bond donors (Lipinski definition) is 2. The number of benzene rings is 1. The van der Waals surface area contributed by atoms with E-state index in [1.807, 2.05) is 38.1 Å². The van der Waals surface area contributed by atoms with Gasteiger partial charge in [0.05, 0.1) is 12.6 Å². The van der Waals surface area contributed by atoms with Gasteiger partial charge in [-0.05, 0) is 93.9 Å². The number of carbonyl (C=O) groups excluding carboxylic acids is 2. The average Bonchev–Trinajstić information content (AvgIpc) is 3.15. The second-order valence-corrected chi connectivity index (χ2v) is 12.2. The minimum Gasteiger partial charge on any atom is -0.497 e. The van der Waals surface area contributed by atoms with Crippen molar-refractivity contribution >= 4 is 12.0 Å². The fraction of sp³-hybridized carbons (Fsp3) is 0.655. The molecule has 1 aliphatic heterocycles. The van der Waals surface area contributed by atoms with Crippen LogP contribution < -0.4 is 15.4 Å². The zero-order chi connectivity index (χ0) is 25.0. The third-order valence-corrected chi connectivity index (χ3v) is 10.1. The van der Waals surface area contributed by atoms with Gasteiger partial charge in [0, 0.05) is 16.9 Å². The van der Waals surface area contributed by atoms with Gasteiger partial charge in [0.15, 0.2) is 0 Å². The van der Waals surface area contributed by atoms with Gasteiger partial charge in [0.1, 0.15) is 11.9 Å². The lowest BCUT2D eigenvalue weighted by molar-refractivity contribution is -0.123. The first kappa shape index (κ1) is 24.2. The highest BCUT2D eigenvalue weighted by molar-refractivity contribution is 5.89. The Labute approximate surface area is 209 Å². The highest BCUT2D eigenvalue weighted by Crippen LogP contribution is 2.63. The van der Waals surface area contributed by atoms with Crippen molar-refractivity contribution in [1.82, 2.24) is 10.6 Å². The smallest absolute Gasteiger partial charge is 0.408 e. The number of hydrogen-bond acceptors (Lipinski definition) is 4. The van der Waals surface area contributed by atoms with E-state index in [0.717, 1.165) is 49.8 Å². The van der Waals surface area contributed by atoms with Gasteiger partial charge in [-0.25, -0.2) is 4.79 Å². The first-order valence-corrected chi connectivity index (χ1v) is 13.2. The van der Waals surface area contributed by atoms with Gasteiger partial charge in [-0.15, -0.1) is 0 Å². The van der Waals surface area contributed by atoms with Crippen LogP contribution in [0.4, 0.5) is 4.79 Å². The summed E-state index contributed by atoms with van der Waals surface area (Å²) in [4.78, 5) is 25.0. The molecule has 35 heavy (non-hydrogen) atoms. The Kier molecular flexibility index (Phi) is 5.92. The van der Waals surface area contributed by atoms with Gasteiger partial charge in [-0.1, -0.05) is 32.1 Å². The zero-order valence-corrected chi connectivity index (χ0v) is 21.7.